The van der Waals surface area contributed by atoms with Crippen LogP contribution >= 0.6 is 0 Å². The molecule has 1 aromatic carbocycles. The lowest BCUT2D eigenvalue weighted by molar-refractivity contribution is -0.145. The number of carbonyl (C=O) groups is 3. The molecule has 0 fully saturated rings. The molecule has 0 unspecified atom stereocenters. The van der Waals surface area contributed by atoms with E-state index in [4.69, 9.17) is 10.2 Å². The molecule has 0 aliphatic rings. The molecule has 0 aliphatic heterocycles. The molecule has 0 aromatic heterocycles. The predicted octanol–water partition coefficient (Wildman–Crippen LogP) is 1.38. The minimum absolute atomic E-state index is 0.601. The van der Waals surface area contributed by atoms with E-state index >= 15 is 0 Å². The van der Waals surface area contributed by atoms with Crippen molar-refractivity contribution in [3.63, 3.8) is 0 Å². The Morgan fingerprint density at radius 2 is 1.67 bits per heavy atom. The van der Waals surface area contributed by atoms with Gasteiger partial charge in [-0.25, -0.2) is 9.59 Å². The van der Waals surface area contributed by atoms with Gasteiger partial charge in [-0.3, -0.25) is 9.69 Å². The van der Waals surface area contributed by atoms with Crippen LogP contribution in [0.4, 0.5) is 10.5 Å². The normalized spacial score (nSPS) is 11.6. The average molecular weight is 294 g/mol. The number of urea groups is 1. The Hall–Kier alpha value is -2.57. The zero-order valence-electron chi connectivity index (χ0n) is 12.1. The van der Waals surface area contributed by atoms with Crippen molar-refractivity contribution in [2.24, 2.45) is 0 Å². The molecule has 0 bridgehead atoms. The van der Waals surface area contributed by atoms with E-state index in [0.717, 1.165) is 11.1 Å². The topological polar surface area (TPSA) is 107 Å². The van der Waals surface area contributed by atoms with Crippen LogP contribution in [0.1, 0.15) is 17.5 Å². The van der Waals surface area contributed by atoms with Crippen LogP contribution in [0.2, 0.25) is 0 Å². The first-order valence-corrected chi connectivity index (χ1v) is 6.28. The van der Waals surface area contributed by atoms with Crippen molar-refractivity contribution in [2.45, 2.75) is 26.3 Å². The van der Waals surface area contributed by atoms with Gasteiger partial charge in [-0.2, -0.15) is 0 Å². The zero-order chi connectivity index (χ0) is 16.2. The van der Waals surface area contributed by atoms with Crippen LogP contribution in [0.15, 0.2) is 18.2 Å². The smallest absolute Gasteiger partial charge is 0.326 e. The standard InChI is InChI=1S/C14H18N2O5/c1-8-4-9(2)6-10(5-8)16(3)14(21)15-11(13(19)20)7-12(17)18/h4-6,11H,7H2,1-3H3,(H,15,21)(H,17,18)(H,19,20)/t11-/m1/s1. The number of hydrogen-bond donors (Lipinski definition) is 3. The second kappa shape index (κ2) is 6.74. The van der Waals surface area contributed by atoms with Crippen molar-refractivity contribution in [3.8, 4) is 0 Å². The molecule has 0 heterocycles. The van der Waals surface area contributed by atoms with Crippen molar-refractivity contribution in [1.82, 2.24) is 5.32 Å². The van der Waals surface area contributed by atoms with E-state index in [2.05, 4.69) is 5.32 Å². The lowest BCUT2D eigenvalue weighted by Crippen LogP contribution is -2.47. The van der Waals surface area contributed by atoms with E-state index < -0.39 is 30.4 Å². The quantitative estimate of drug-likeness (QED) is 0.760. The first kappa shape index (κ1) is 16.5. The van der Waals surface area contributed by atoms with E-state index in [1.165, 1.54) is 11.9 Å². The van der Waals surface area contributed by atoms with Crippen molar-refractivity contribution in [2.75, 3.05) is 11.9 Å². The maximum atomic E-state index is 12.0. The lowest BCUT2D eigenvalue weighted by Gasteiger charge is -2.21. The summed E-state index contributed by atoms with van der Waals surface area (Å²) in [5.41, 5.74) is 2.53. The van der Waals surface area contributed by atoms with Crippen LogP contribution in [-0.4, -0.2) is 41.3 Å². The van der Waals surface area contributed by atoms with E-state index in [-0.39, 0.29) is 0 Å². The molecule has 1 aromatic rings. The number of aryl methyl sites for hydroxylation is 2. The molecule has 21 heavy (non-hydrogen) atoms. The number of rotatable bonds is 5. The van der Waals surface area contributed by atoms with Crippen molar-refractivity contribution in [1.29, 1.82) is 0 Å². The van der Waals surface area contributed by atoms with Crippen molar-refractivity contribution < 1.29 is 24.6 Å². The van der Waals surface area contributed by atoms with Gasteiger partial charge < -0.3 is 15.5 Å². The predicted molar refractivity (Wildman–Crippen MR) is 76.5 cm³/mol. The second-order valence-electron chi connectivity index (χ2n) is 4.84. The largest absolute Gasteiger partial charge is 0.481 e. The molecular formula is C14H18N2O5. The Morgan fingerprint density at radius 3 is 2.10 bits per heavy atom. The molecular weight excluding hydrogens is 276 g/mol. The van der Waals surface area contributed by atoms with Gasteiger partial charge in [0.15, 0.2) is 0 Å². The van der Waals surface area contributed by atoms with Crippen LogP contribution in [0.3, 0.4) is 0 Å². The molecule has 7 nitrogen and oxygen atoms in total. The Bertz CT molecular complexity index is 550. The third-order valence-corrected chi connectivity index (χ3v) is 2.87. The monoisotopic (exact) mass is 294 g/mol. The molecule has 0 saturated carbocycles. The summed E-state index contributed by atoms with van der Waals surface area (Å²) >= 11 is 0. The summed E-state index contributed by atoms with van der Waals surface area (Å²) in [5, 5.41) is 19.8. The fraction of sp³-hybridized carbons (Fsp3) is 0.357. The molecule has 2 amide bonds. The summed E-state index contributed by atoms with van der Waals surface area (Å²) < 4.78 is 0. The molecule has 3 N–H and O–H groups in total. The van der Waals surface area contributed by atoms with E-state index in [1.807, 2.05) is 19.9 Å². The zero-order valence-corrected chi connectivity index (χ0v) is 12.1. The van der Waals surface area contributed by atoms with Gasteiger partial charge in [0.05, 0.1) is 6.42 Å². The first-order valence-electron chi connectivity index (χ1n) is 6.28. The number of amides is 2. The van der Waals surface area contributed by atoms with Gasteiger partial charge in [0.25, 0.3) is 0 Å². The van der Waals surface area contributed by atoms with E-state index in [1.54, 1.807) is 12.1 Å². The average Bonchev–Trinajstić information content (AvgIpc) is 2.35. The molecule has 7 heteroatoms. The number of carboxylic acid groups (broad SMARTS) is 2. The molecule has 1 atom stereocenters. The molecule has 1 rings (SSSR count). The van der Waals surface area contributed by atoms with Crippen LogP contribution in [0, 0.1) is 13.8 Å². The van der Waals surface area contributed by atoms with Crippen molar-refractivity contribution >= 4 is 23.7 Å². The molecule has 0 spiro atoms. The SMILES string of the molecule is Cc1cc(C)cc(N(C)C(=O)N[C@H](CC(=O)O)C(=O)O)c1. The van der Waals surface area contributed by atoms with Crippen LogP contribution < -0.4 is 10.2 Å². The van der Waals surface area contributed by atoms with Gasteiger partial charge in [-0.1, -0.05) is 6.07 Å². The Morgan fingerprint density at radius 1 is 1.14 bits per heavy atom. The Balaban J connectivity index is 2.86. The summed E-state index contributed by atoms with van der Waals surface area (Å²) in [7, 11) is 1.49. The van der Waals surface area contributed by atoms with Gasteiger partial charge in [0.1, 0.15) is 6.04 Å². The van der Waals surface area contributed by atoms with Gasteiger partial charge in [-0.15, -0.1) is 0 Å². The van der Waals surface area contributed by atoms with Crippen molar-refractivity contribution in [3.05, 3.63) is 29.3 Å². The van der Waals surface area contributed by atoms with Crippen LogP contribution in [-0.2, 0) is 9.59 Å². The molecule has 114 valence electrons. The summed E-state index contributed by atoms with van der Waals surface area (Å²) in [6.07, 6.45) is -0.679. The molecule has 0 radical (unpaired) electrons. The molecule has 0 saturated heterocycles. The summed E-state index contributed by atoms with van der Waals surface area (Å²) in [4.78, 5) is 34.8. The minimum atomic E-state index is -1.47. The Labute approximate surface area is 122 Å². The maximum absolute atomic E-state index is 12.0. The number of nitrogens with zero attached hydrogens (tertiary/aromatic N) is 1. The van der Waals surface area contributed by atoms with Crippen LogP contribution in [0.25, 0.3) is 0 Å². The van der Waals surface area contributed by atoms with E-state index in [0.29, 0.717) is 5.69 Å². The number of nitrogens with one attached hydrogen (secondary N) is 1. The third-order valence-electron chi connectivity index (χ3n) is 2.87. The van der Waals surface area contributed by atoms with E-state index in [9.17, 15) is 14.4 Å². The maximum Gasteiger partial charge on any atom is 0.326 e. The summed E-state index contributed by atoms with van der Waals surface area (Å²) in [6, 6.07) is 3.36. The number of benzene rings is 1. The highest BCUT2D eigenvalue weighted by Crippen LogP contribution is 2.17. The highest BCUT2D eigenvalue weighted by Gasteiger charge is 2.24. The molecule has 0 aliphatic carbocycles. The number of aliphatic carboxylic acids is 2. The second-order valence-corrected chi connectivity index (χ2v) is 4.84. The van der Waals surface area contributed by atoms with Gasteiger partial charge in [0.2, 0.25) is 0 Å². The number of carbonyl (C=O) groups excluding carboxylic acids is 1. The van der Waals surface area contributed by atoms with Gasteiger partial charge in [-0.05, 0) is 37.1 Å². The lowest BCUT2D eigenvalue weighted by atomic mass is 10.1. The van der Waals surface area contributed by atoms with Crippen LogP contribution in [0.5, 0.6) is 0 Å². The number of carboxylic acids is 2. The number of hydrogen-bond acceptors (Lipinski definition) is 3. The van der Waals surface area contributed by atoms with Gasteiger partial charge in [0, 0.05) is 12.7 Å². The fourth-order valence-electron chi connectivity index (χ4n) is 1.88. The van der Waals surface area contributed by atoms with Gasteiger partial charge >= 0.3 is 18.0 Å². The highest BCUT2D eigenvalue weighted by molar-refractivity contribution is 5.95. The summed E-state index contributed by atoms with van der Waals surface area (Å²) in [5.74, 6) is -2.68. The Kier molecular flexibility index (Phi) is 5.29. The summed E-state index contributed by atoms with van der Waals surface area (Å²) in [6.45, 7) is 3.76. The minimum Gasteiger partial charge on any atom is -0.481 e. The first-order chi connectivity index (χ1) is 9.70. The highest BCUT2D eigenvalue weighted by atomic mass is 16.4. The number of anilines is 1. The fourth-order valence-corrected chi connectivity index (χ4v) is 1.88. The third kappa shape index (κ3) is 4.79.